The fraction of sp³-hybridized carbons (Fsp3) is 0.250. The first-order valence-electron chi connectivity index (χ1n) is 7.53. The molecule has 1 atom stereocenters. The summed E-state index contributed by atoms with van der Waals surface area (Å²) in [6.07, 6.45) is 0.569. The maximum atomic E-state index is 13.1. The second-order valence-electron chi connectivity index (χ2n) is 5.70. The van der Waals surface area contributed by atoms with Gasteiger partial charge in [-0.15, -0.1) is 10.2 Å². The number of amides is 1. The smallest absolute Gasteiger partial charge is 0.283 e. The Hall–Kier alpha value is -3.03. The van der Waals surface area contributed by atoms with Gasteiger partial charge in [0, 0.05) is 25.1 Å². The number of aryl methyl sites for hydroxylation is 1. The molecule has 1 aromatic carbocycles. The van der Waals surface area contributed by atoms with Crippen molar-refractivity contribution in [3.8, 4) is 11.7 Å². The van der Waals surface area contributed by atoms with Crippen molar-refractivity contribution >= 4 is 5.91 Å². The molecule has 8 heteroatoms. The van der Waals surface area contributed by atoms with Crippen molar-refractivity contribution in [2.24, 2.45) is 0 Å². The lowest BCUT2D eigenvalue weighted by atomic mass is 9.94. The van der Waals surface area contributed by atoms with Gasteiger partial charge < -0.3 is 14.7 Å². The van der Waals surface area contributed by atoms with E-state index in [1.54, 1.807) is 19.1 Å². The summed E-state index contributed by atoms with van der Waals surface area (Å²) in [6.45, 7) is 2.14. The summed E-state index contributed by atoms with van der Waals surface area (Å²) in [5.41, 5.74) is 1.98. The average molecular weight is 327 g/mol. The normalized spacial score (nSPS) is 17.2. The first-order chi connectivity index (χ1) is 11.6. The van der Waals surface area contributed by atoms with Crippen LogP contribution in [-0.2, 0) is 6.42 Å². The van der Waals surface area contributed by atoms with Gasteiger partial charge >= 0.3 is 0 Å². The molecule has 0 spiro atoms. The van der Waals surface area contributed by atoms with Crippen LogP contribution in [0.15, 0.2) is 28.7 Å². The van der Waals surface area contributed by atoms with Gasteiger partial charge in [-0.25, -0.2) is 9.37 Å². The molecule has 7 nitrogen and oxygen atoms in total. The molecule has 0 fully saturated rings. The Morgan fingerprint density at radius 3 is 2.75 bits per heavy atom. The van der Waals surface area contributed by atoms with Gasteiger partial charge in [-0.3, -0.25) is 4.79 Å². The molecule has 0 bridgehead atoms. The predicted octanol–water partition coefficient (Wildman–Crippen LogP) is 1.98. The SMILES string of the molecule is Cc1nnc(-c2nc3c([nH]2)C[C@@H](c2ccc(F)cc2)CNC3=O)o1. The van der Waals surface area contributed by atoms with E-state index in [1.165, 1.54) is 12.1 Å². The number of imidazole rings is 1. The van der Waals surface area contributed by atoms with E-state index in [-0.39, 0.29) is 23.5 Å². The van der Waals surface area contributed by atoms with Crippen molar-refractivity contribution in [2.75, 3.05) is 6.54 Å². The number of nitrogens with one attached hydrogen (secondary N) is 2. The molecule has 122 valence electrons. The van der Waals surface area contributed by atoms with Crippen LogP contribution in [0.2, 0.25) is 0 Å². The van der Waals surface area contributed by atoms with Crippen LogP contribution in [0, 0.1) is 12.7 Å². The van der Waals surface area contributed by atoms with E-state index in [1.807, 2.05) is 0 Å². The average Bonchev–Trinajstić information content (AvgIpc) is 3.15. The molecule has 0 aliphatic carbocycles. The van der Waals surface area contributed by atoms with Gasteiger partial charge in [-0.05, 0) is 24.1 Å². The lowest BCUT2D eigenvalue weighted by molar-refractivity contribution is 0.0950. The molecule has 0 saturated heterocycles. The molecule has 1 aliphatic rings. The van der Waals surface area contributed by atoms with Gasteiger partial charge in [0.1, 0.15) is 11.5 Å². The second kappa shape index (κ2) is 5.55. The molecule has 0 unspecified atom stereocenters. The number of carbonyl (C=O) groups excluding carboxylic acids is 1. The molecule has 3 heterocycles. The van der Waals surface area contributed by atoms with Gasteiger partial charge in [0.2, 0.25) is 5.89 Å². The number of nitrogens with zero attached hydrogens (tertiary/aromatic N) is 3. The van der Waals surface area contributed by atoms with Crippen LogP contribution in [0.5, 0.6) is 0 Å². The number of aromatic nitrogens is 4. The summed E-state index contributed by atoms with van der Waals surface area (Å²) >= 11 is 0. The second-order valence-corrected chi connectivity index (χ2v) is 5.70. The Morgan fingerprint density at radius 1 is 1.25 bits per heavy atom. The predicted molar refractivity (Wildman–Crippen MR) is 81.8 cm³/mol. The van der Waals surface area contributed by atoms with Gasteiger partial charge in [0.25, 0.3) is 11.8 Å². The third kappa shape index (κ3) is 2.55. The van der Waals surface area contributed by atoms with Crippen molar-refractivity contribution in [1.82, 2.24) is 25.5 Å². The van der Waals surface area contributed by atoms with Gasteiger partial charge in [-0.1, -0.05) is 12.1 Å². The molecule has 1 aliphatic heterocycles. The zero-order valence-corrected chi connectivity index (χ0v) is 12.8. The number of hydrogen-bond donors (Lipinski definition) is 2. The number of rotatable bonds is 2. The zero-order valence-electron chi connectivity index (χ0n) is 12.8. The Kier molecular flexibility index (Phi) is 3.37. The largest absolute Gasteiger partial charge is 0.419 e. The number of fused-ring (bicyclic) bond motifs is 1. The maximum absolute atomic E-state index is 13.1. The molecule has 0 radical (unpaired) electrons. The van der Waals surface area contributed by atoms with Crippen molar-refractivity contribution in [1.29, 1.82) is 0 Å². The molecule has 24 heavy (non-hydrogen) atoms. The fourth-order valence-electron chi connectivity index (χ4n) is 2.83. The first kappa shape index (κ1) is 14.6. The Morgan fingerprint density at radius 2 is 2.04 bits per heavy atom. The summed E-state index contributed by atoms with van der Waals surface area (Å²) < 4.78 is 18.5. The zero-order chi connectivity index (χ0) is 16.7. The van der Waals surface area contributed by atoms with Crippen LogP contribution in [0.25, 0.3) is 11.7 Å². The summed E-state index contributed by atoms with van der Waals surface area (Å²) in [5.74, 6) is 0.516. The van der Waals surface area contributed by atoms with Gasteiger partial charge in [-0.2, -0.15) is 0 Å². The molecule has 2 aromatic heterocycles. The van der Waals surface area contributed by atoms with Crippen molar-refractivity contribution < 1.29 is 13.6 Å². The highest BCUT2D eigenvalue weighted by Gasteiger charge is 2.27. The summed E-state index contributed by atoms with van der Waals surface area (Å²) in [4.78, 5) is 19.7. The Bertz CT molecular complexity index is 900. The standard InChI is InChI=1S/C16H14FN5O2/c1-8-21-22-16(24-8)14-19-12-6-10(7-18-15(23)13(12)20-14)9-2-4-11(17)5-3-9/h2-5,10H,6-7H2,1H3,(H,18,23)(H,19,20)/t10-/m1/s1. The highest BCUT2D eigenvalue weighted by Crippen LogP contribution is 2.26. The summed E-state index contributed by atoms with van der Waals surface area (Å²) in [5, 5.41) is 10.5. The molecule has 3 aromatic rings. The minimum absolute atomic E-state index is 0.0218. The Balaban J connectivity index is 1.69. The minimum Gasteiger partial charge on any atom is -0.419 e. The fourth-order valence-corrected chi connectivity index (χ4v) is 2.83. The van der Waals surface area contributed by atoms with Crippen LogP contribution < -0.4 is 5.32 Å². The highest BCUT2D eigenvalue weighted by molar-refractivity contribution is 5.94. The van der Waals surface area contributed by atoms with E-state index in [0.29, 0.717) is 36.1 Å². The molecular formula is C16H14FN5O2. The number of hydrogen-bond acceptors (Lipinski definition) is 5. The monoisotopic (exact) mass is 327 g/mol. The van der Waals surface area contributed by atoms with Crippen LogP contribution >= 0.6 is 0 Å². The third-order valence-electron chi connectivity index (χ3n) is 4.02. The molecule has 4 rings (SSSR count). The van der Waals surface area contributed by atoms with Crippen LogP contribution in [0.1, 0.15) is 33.6 Å². The van der Waals surface area contributed by atoms with E-state index < -0.39 is 0 Å². The number of halogens is 1. The van der Waals surface area contributed by atoms with Crippen LogP contribution in [0.4, 0.5) is 4.39 Å². The highest BCUT2D eigenvalue weighted by atomic mass is 19.1. The maximum Gasteiger partial charge on any atom is 0.283 e. The number of carbonyl (C=O) groups is 1. The lowest BCUT2D eigenvalue weighted by Crippen LogP contribution is -2.26. The summed E-state index contributed by atoms with van der Waals surface area (Å²) in [6, 6.07) is 6.30. The summed E-state index contributed by atoms with van der Waals surface area (Å²) in [7, 11) is 0. The van der Waals surface area contributed by atoms with E-state index in [4.69, 9.17) is 4.42 Å². The topological polar surface area (TPSA) is 96.7 Å². The first-order valence-corrected chi connectivity index (χ1v) is 7.53. The van der Waals surface area contributed by atoms with Crippen LogP contribution in [0.3, 0.4) is 0 Å². The number of benzene rings is 1. The number of aromatic amines is 1. The van der Waals surface area contributed by atoms with E-state index in [9.17, 15) is 9.18 Å². The van der Waals surface area contributed by atoms with Crippen LogP contribution in [-0.4, -0.2) is 32.6 Å². The minimum atomic E-state index is -0.285. The number of H-pyrrole nitrogens is 1. The lowest BCUT2D eigenvalue weighted by Gasteiger charge is -2.14. The quantitative estimate of drug-likeness (QED) is 0.750. The van der Waals surface area contributed by atoms with Gasteiger partial charge in [0.05, 0.1) is 0 Å². The van der Waals surface area contributed by atoms with Crippen molar-refractivity contribution in [3.63, 3.8) is 0 Å². The van der Waals surface area contributed by atoms with Crippen molar-refractivity contribution in [2.45, 2.75) is 19.3 Å². The molecular weight excluding hydrogens is 313 g/mol. The molecule has 2 N–H and O–H groups in total. The molecule has 1 amide bonds. The molecule has 0 saturated carbocycles. The van der Waals surface area contributed by atoms with Crippen molar-refractivity contribution in [3.05, 3.63) is 52.9 Å². The Labute approximate surface area is 136 Å². The van der Waals surface area contributed by atoms with Gasteiger partial charge in [0.15, 0.2) is 5.82 Å². The van der Waals surface area contributed by atoms with E-state index in [0.717, 1.165) is 5.56 Å². The van der Waals surface area contributed by atoms with E-state index >= 15 is 0 Å². The third-order valence-corrected chi connectivity index (χ3v) is 4.02. The van der Waals surface area contributed by atoms with E-state index in [2.05, 4.69) is 25.5 Å².